The van der Waals surface area contributed by atoms with Crippen molar-refractivity contribution in [3.8, 4) is 11.5 Å². The van der Waals surface area contributed by atoms with Crippen LogP contribution in [0.15, 0.2) is 42.5 Å². The first-order valence-corrected chi connectivity index (χ1v) is 9.31. The maximum absolute atomic E-state index is 12.7. The fourth-order valence-corrected chi connectivity index (χ4v) is 3.39. The van der Waals surface area contributed by atoms with E-state index >= 15 is 0 Å². The number of non-ortho nitro benzene ring substituents is 1. The van der Waals surface area contributed by atoms with Crippen molar-refractivity contribution < 1.29 is 19.6 Å². The minimum absolute atomic E-state index is 0.120. The van der Waals surface area contributed by atoms with Crippen molar-refractivity contribution in [2.24, 2.45) is 0 Å². The molecule has 1 heterocycles. The number of aromatic hydroxyl groups is 1. The van der Waals surface area contributed by atoms with Crippen molar-refractivity contribution in [2.45, 2.75) is 13.0 Å². The molecule has 0 aromatic heterocycles. The number of piperazine rings is 1. The Morgan fingerprint density at radius 2 is 1.90 bits per heavy atom. The first kappa shape index (κ1) is 20.4. The van der Waals surface area contributed by atoms with Gasteiger partial charge in [0.25, 0.3) is 5.69 Å². The van der Waals surface area contributed by atoms with E-state index in [1.54, 1.807) is 19.1 Å². The second-order valence-electron chi connectivity index (χ2n) is 6.82. The van der Waals surface area contributed by atoms with E-state index in [0.717, 1.165) is 5.69 Å². The standard InChI is InChI=1S/C20H24N4O5/c1-14(20(26)21-16-13-15(24(27)28)7-8-19(16)29-2)22-9-11-23(12-10-22)17-5-3-4-6-18(17)25/h3-8,13-14,25H,9-12H2,1-2H3,(H,21,26). The Morgan fingerprint density at radius 1 is 1.21 bits per heavy atom. The van der Waals surface area contributed by atoms with Crippen LogP contribution in [0.3, 0.4) is 0 Å². The number of para-hydroxylation sites is 2. The van der Waals surface area contributed by atoms with E-state index in [1.807, 2.05) is 17.0 Å². The van der Waals surface area contributed by atoms with E-state index in [-0.39, 0.29) is 23.0 Å². The van der Waals surface area contributed by atoms with Crippen LogP contribution in [0.4, 0.5) is 17.1 Å². The van der Waals surface area contributed by atoms with Crippen LogP contribution in [0, 0.1) is 10.1 Å². The molecular formula is C20H24N4O5. The van der Waals surface area contributed by atoms with Gasteiger partial charge in [-0.1, -0.05) is 12.1 Å². The average Bonchev–Trinajstić information content (AvgIpc) is 2.73. The van der Waals surface area contributed by atoms with Crippen molar-refractivity contribution in [2.75, 3.05) is 43.5 Å². The van der Waals surface area contributed by atoms with E-state index in [9.17, 15) is 20.0 Å². The van der Waals surface area contributed by atoms with Gasteiger partial charge in [0.05, 0.1) is 29.4 Å². The lowest BCUT2D eigenvalue weighted by molar-refractivity contribution is -0.384. The largest absolute Gasteiger partial charge is 0.506 e. The van der Waals surface area contributed by atoms with Crippen LogP contribution >= 0.6 is 0 Å². The summed E-state index contributed by atoms with van der Waals surface area (Å²) in [6.07, 6.45) is 0. The maximum Gasteiger partial charge on any atom is 0.271 e. The van der Waals surface area contributed by atoms with Crippen LogP contribution in [0.25, 0.3) is 0 Å². The number of phenols is 1. The Kier molecular flexibility index (Phi) is 6.18. The molecule has 154 valence electrons. The number of nitro benzene ring substituents is 1. The molecule has 1 aliphatic heterocycles. The second kappa shape index (κ2) is 8.78. The van der Waals surface area contributed by atoms with Crippen molar-refractivity contribution in [1.29, 1.82) is 0 Å². The molecule has 1 fully saturated rings. The molecule has 9 nitrogen and oxygen atoms in total. The van der Waals surface area contributed by atoms with Crippen LogP contribution in [0.5, 0.6) is 11.5 Å². The number of nitro groups is 1. The number of rotatable bonds is 6. The maximum atomic E-state index is 12.7. The van der Waals surface area contributed by atoms with Crippen LogP contribution in [0.2, 0.25) is 0 Å². The molecule has 2 aromatic rings. The van der Waals surface area contributed by atoms with Crippen LogP contribution in [-0.4, -0.2) is 60.2 Å². The van der Waals surface area contributed by atoms with Gasteiger partial charge in [-0.05, 0) is 25.1 Å². The van der Waals surface area contributed by atoms with E-state index < -0.39 is 11.0 Å². The SMILES string of the molecule is COc1ccc([N+](=O)[O-])cc1NC(=O)C(C)N1CCN(c2ccccc2O)CC1. The topological polar surface area (TPSA) is 108 Å². The number of anilines is 2. The van der Waals surface area contributed by atoms with Gasteiger partial charge in [0, 0.05) is 38.3 Å². The van der Waals surface area contributed by atoms with Crippen molar-refractivity contribution in [3.05, 3.63) is 52.6 Å². The summed E-state index contributed by atoms with van der Waals surface area (Å²) in [4.78, 5) is 27.4. The molecule has 2 N–H and O–H groups in total. The van der Waals surface area contributed by atoms with E-state index in [1.165, 1.54) is 25.3 Å². The van der Waals surface area contributed by atoms with Gasteiger partial charge in [0.15, 0.2) is 0 Å². The monoisotopic (exact) mass is 400 g/mol. The molecule has 1 unspecified atom stereocenters. The summed E-state index contributed by atoms with van der Waals surface area (Å²) in [6, 6.07) is 10.8. The lowest BCUT2D eigenvalue weighted by atomic mass is 10.1. The number of methoxy groups -OCH3 is 1. The summed E-state index contributed by atoms with van der Waals surface area (Å²) in [5, 5.41) is 23.8. The van der Waals surface area contributed by atoms with Gasteiger partial charge in [0.1, 0.15) is 11.5 Å². The predicted octanol–water partition coefficient (Wildman–Crippen LogP) is 2.46. The quantitative estimate of drug-likeness (QED) is 0.566. The number of hydrogen-bond acceptors (Lipinski definition) is 7. The molecule has 9 heteroatoms. The molecule has 1 saturated heterocycles. The molecule has 0 spiro atoms. The predicted molar refractivity (Wildman–Crippen MR) is 110 cm³/mol. The van der Waals surface area contributed by atoms with Gasteiger partial charge >= 0.3 is 0 Å². The van der Waals surface area contributed by atoms with Gasteiger partial charge in [-0.15, -0.1) is 0 Å². The molecule has 1 aliphatic rings. The number of carbonyl (C=O) groups excluding carboxylic acids is 1. The van der Waals surface area contributed by atoms with E-state index in [2.05, 4.69) is 10.2 Å². The Hall–Kier alpha value is -3.33. The summed E-state index contributed by atoms with van der Waals surface area (Å²) in [7, 11) is 1.44. The minimum atomic E-state index is -0.517. The molecule has 29 heavy (non-hydrogen) atoms. The highest BCUT2D eigenvalue weighted by Crippen LogP contribution is 2.30. The number of hydrogen-bond donors (Lipinski definition) is 2. The van der Waals surface area contributed by atoms with Gasteiger partial charge in [-0.2, -0.15) is 0 Å². The molecule has 2 aromatic carbocycles. The number of phenolic OH excluding ortho intramolecular Hbond substituents is 1. The van der Waals surface area contributed by atoms with Crippen LogP contribution in [-0.2, 0) is 4.79 Å². The summed E-state index contributed by atoms with van der Waals surface area (Å²) in [5.41, 5.74) is 0.932. The molecule has 0 radical (unpaired) electrons. The number of ether oxygens (including phenoxy) is 1. The first-order chi connectivity index (χ1) is 13.9. The lowest BCUT2D eigenvalue weighted by Crippen LogP contribution is -2.52. The third-order valence-electron chi connectivity index (χ3n) is 5.12. The highest BCUT2D eigenvalue weighted by molar-refractivity contribution is 5.96. The zero-order valence-electron chi connectivity index (χ0n) is 16.4. The van der Waals surface area contributed by atoms with Crippen molar-refractivity contribution in [1.82, 2.24) is 4.90 Å². The molecular weight excluding hydrogens is 376 g/mol. The molecule has 0 saturated carbocycles. The minimum Gasteiger partial charge on any atom is -0.506 e. The van der Waals surface area contributed by atoms with Gasteiger partial charge in [-0.25, -0.2) is 0 Å². The van der Waals surface area contributed by atoms with E-state index in [4.69, 9.17) is 4.74 Å². The highest BCUT2D eigenvalue weighted by Gasteiger charge is 2.27. The van der Waals surface area contributed by atoms with Crippen molar-refractivity contribution in [3.63, 3.8) is 0 Å². The molecule has 0 aliphatic carbocycles. The summed E-state index contributed by atoms with van der Waals surface area (Å²) >= 11 is 0. The number of carbonyl (C=O) groups is 1. The van der Waals surface area contributed by atoms with Crippen LogP contribution in [0.1, 0.15) is 6.92 Å². The number of benzene rings is 2. The normalized spacial score (nSPS) is 15.6. The zero-order chi connectivity index (χ0) is 21.0. The lowest BCUT2D eigenvalue weighted by Gasteiger charge is -2.38. The van der Waals surface area contributed by atoms with Gasteiger partial charge in [0.2, 0.25) is 5.91 Å². The number of nitrogens with zero attached hydrogens (tertiary/aromatic N) is 3. The summed E-state index contributed by atoms with van der Waals surface area (Å²) in [6.45, 7) is 4.45. The first-order valence-electron chi connectivity index (χ1n) is 9.31. The highest BCUT2D eigenvalue weighted by atomic mass is 16.6. The Balaban J connectivity index is 1.64. The summed E-state index contributed by atoms with van der Waals surface area (Å²) < 4.78 is 5.20. The Morgan fingerprint density at radius 3 is 2.52 bits per heavy atom. The summed E-state index contributed by atoms with van der Waals surface area (Å²) in [5.74, 6) is 0.338. The zero-order valence-corrected chi connectivity index (χ0v) is 16.4. The second-order valence-corrected chi connectivity index (χ2v) is 6.82. The van der Waals surface area contributed by atoms with Crippen LogP contribution < -0.4 is 15.0 Å². The molecule has 1 atom stereocenters. The fourth-order valence-electron chi connectivity index (χ4n) is 3.39. The third-order valence-corrected chi connectivity index (χ3v) is 5.12. The van der Waals surface area contributed by atoms with Crippen molar-refractivity contribution >= 4 is 23.0 Å². The average molecular weight is 400 g/mol. The number of nitrogens with one attached hydrogen (secondary N) is 1. The smallest absolute Gasteiger partial charge is 0.271 e. The van der Waals surface area contributed by atoms with Gasteiger partial charge < -0.3 is 20.1 Å². The molecule has 0 bridgehead atoms. The Labute approximate surface area is 168 Å². The van der Waals surface area contributed by atoms with Gasteiger partial charge in [-0.3, -0.25) is 19.8 Å². The third kappa shape index (κ3) is 4.57. The van der Waals surface area contributed by atoms with E-state index in [0.29, 0.717) is 31.9 Å². The molecule has 1 amide bonds. The Bertz CT molecular complexity index is 896. The fraction of sp³-hybridized carbons (Fsp3) is 0.350. The molecule has 3 rings (SSSR count). The number of amides is 1.